The number of unbranched alkanes of at least 4 members (excludes halogenated alkanes) is 1. The van der Waals surface area contributed by atoms with Gasteiger partial charge in [0.05, 0.1) is 28.1 Å². The van der Waals surface area contributed by atoms with Crippen LogP contribution >= 0.6 is 23.2 Å². The van der Waals surface area contributed by atoms with E-state index < -0.39 is 5.92 Å². The number of benzene rings is 2. The summed E-state index contributed by atoms with van der Waals surface area (Å²) in [6, 6.07) is 9.41. The number of fused-ring (bicyclic) bond motifs is 1. The summed E-state index contributed by atoms with van der Waals surface area (Å²) < 4.78 is 6.92. The fraction of sp³-hybridized carbons (Fsp3) is 0.304. The molecular formula is C23H23Cl2NO4. The Labute approximate surface area is 185 Å². The van der Waals surface area contributed by atoms with Gasteiger partial charge >= 0.3 is 5.97 Å². The maximum absolute atomic E-state index is 13.3. The zero-order chi connectivity index (χ0) is 22.0. The van der Waals surface area contributed by atoms with Crippen molar-refractivity contribution in [3.8, 4) is 5.75 Å². The molecule has 1 unspecified atom stereocenters. The Hall–Kier alpha value is -2.50. The first-order chi connectivity index (χ1) is 14.3. The van der Waals surface area contributed by atoms with E-state index in [2.05, 4.69) is 0 Å². The molecule has 1 heterocycles. The van der Waals surface area contributed by atoms with Crippen molar-refractivity contribution in [1.29, 1.82) is 0 Å². The van der Waals surface area contributed by atoms with Crippen LogP contribution in [0, 0.1) is 6.92 Å². The Morgan fingerprint density at radius 3 is 2.53 bits per heavy atom. The van der Waals surface area contributed by atoms with E-state index in [0.29, 0.717) is 39.4 Å². The zero-order valence-electron chi connectivity index (χ0n) is 17.0. The summed E-state index contributed by atoms with van der Waals surface area (Å²) in [4.78, 5) is 25.9. The minimum absolute atomic E-state index is 0.0504. The van der Waals surface area contributed by atoms with Crippen molar-refractivity contribution < 1.29 is 19.4 Å². The highest BCUT2D eigenvalue weighted by atomic mass is 35.5. The molecule has 0 aliphatic heterocycles. The second kappa shape index (κ2) is 9.11. The van der Waals surface area contributed by atoms with Crippen LogP contribution in [0.5, 0.6) is 5.75 Å². The molecule has 1 aromatic heterocycles. The lowest BCUT2D eigenvalue weighted by atomic mass is 9.98. The number of rotatable bonds is 6. The van der Waals surface area contributed by atoms with E-state index in [1.54, 1.807) is 38.1 Å². The van der Waals surface area contributed by atoms with Crippen molar-refractivity contribution in [2.45, 2.75) is 39.5 Å². The number of nitrogens with zero attached hydrogens (tertiary/aromatic N) is 1. The Morgan fingerprint density at radius 2 is 1.87 bits per heavy atom. The molecule has 7 heteroatoms. The highest BCUT2D eigenvalue weighted by Gasteiger charge is 2.27. The first-order valence-corrected chi connectivity index (χ1v) is 10.5. The second-order valence-corrected chi connectivity index (χ2v) is 8.03. The highest BCUT2D eigenvalue weighted by Crippen LogP contribution is 2.35. The van der Waals surface area contributed by atoms with Crippen molar-refractivity contribution >= 4 is 46.0 Å². The van der Waals surface area contributed by atoms with Crippen molar-refractivity contribution in [2.75, 3.05) is 6.61 Å². The summed E-state index contributed by atoms with van der Waals surface area (Å²) in [6.07, 6.45) is 1.71. The van der Waals surface area contributed by atoms with Crippen LogP contribution in [-0.4, -0.2) is 28.2 Å². The summed E-state index contributed by atoms with van der Waals surface area (Å²) in [7, 11) is 0. The molecule has 0 fully saturated rings. The lowest BCUT2D eigenvalue weighted by molar-refractivity contribution is -0.145. The van der Waals surface area contributed by atoms with E-state index in [4.69, 9.17) is 27.9 Å². The first-order valence-electron chi connectivity index (χ1n) is 9.76. The molecule has 1 atom stereocenters. The summed E-state index contributed by atoms with van der Waals surface area (Å²) in [5, 5.41) is 11.3. The molecule has 2 aromatic carbocycles. The molecule has 0 aliphatic rings. The third-order valence-corrected chi connectivity index (χ3v) is 5.87. The fourth-order valence-corrected chi connectivity index (χ4v) is 3.86. The van der Waals surface area contributed by atoms with Crippen molar-refractivity contribution in [3.63, 3.8) is 0 Å². The molecular weight excluding hydrogens is 425 g/mol. The van der Waals surface area contributed by atoms with Gasteiger partial charge in [-0.2, -0.15) is 0 Å². The van der Waals surface area contributed by atoms with Crippen molar-refractivity contribution in [2.24, 2.45) is 0 Å². The molecule has 158 valence electrons. The topological polar surface area (TPSA) is 68.5 Å². The van der Waals surface area contributed by atoms with Crippen LogP contribution in [0.1, 0.15) is 54.2 Å². The van der Waals surface area contributed by atoms with Gasteiger partial charge in [0.2, 0.25) is 0 Å². The van der Waals surface area contributed by atoms with Gasteiger partial charge in [-0.1, -0.05) is 36.5 Å². The van der Waals surface area contributed by atoms with Gasteiger partial charge in [-0.15, -0.1) is 0 Å². The quantitative estimate of drug-likeness (QED) is 0.366. The summed E-state index contributed by atoms with van der Waals surface area (Å²) in [5.74, 6) is -1.22. The van der Waals surface area contributed by atoms with Crippen LogP contribution in [0.2, 0.25) is 10.0 Å². The molecule has 0 saturated heterocycles. The molecule has 0 bridgehead atoms. The van der Waals surface area contributed by atoms with Gasteiger partial charge < -0.3 is 9.84 Å². The van der Waals surface area contributed by atoms with Crippen LogP contribution < -0.4 is 0 Å². The number of carbonyl (C=O) groups is 2. The minimum Gasteiger partial charge on any atom is -0.508 e. The van der Waals surface area contributed by atoms with Crippen LogP contribution in [0.15, 0.2) is 36.4 Å². The van der Waals surface area contributed by atoms with Crippen LogP contribution in [0.25, 0.3) is 10.9 Å². The molecule has 0 aliphatic carbocycles. The van der Waals surface area contributed by atoms with Gasteiger partial charge in [-0.05, 0) is 62.2 Å². The lowest BCUT2D eigenvalue weighted by Crippen LogP contribution is -2.17. The van der Waals surface area contributed by atoms with Crippen molar-refractivity contribution in [3.05, 3.63) is 63.3 Å². The normalized spacial score (nSPS) is 12.2. The average Bonchev–Trinajstić information content (AvgIpc) is 2.99. The van der Waals surface area contributed by atoms with Crippen molar-refractivity contribution in [1.82, 2.24) is 4.57 Å². The third-order valence-electron chi connectivity index (χ3n) is 5.13. The monoisotopic (exact) mass is 447 g/mol. The predicted octanol–water partition coefficient (Wildman–Crippen LogP) is 6.10. The van der Waals surface area contributed by atoms with Gasteiger partial charge in [0, 0.05) is 16.6 Å². The number of esters is 1. The van der Waals surface area contributed by atoms with Crippen LogP contribution in [0.4, 0.5) is 0 Å². The Balaban J connectivity index is 2.12. The number of phenols is 1. The highest BCUT2D eigenvalue weighted by molar-refractivity contribution is 6.42. The van der Waals surface area contributed by atoms with Gasteiger partial charge in [0.15, 0.2) is 0 Å². The van der Waals surface area contributed by atoms with Gasteiger partial charge in [-0.3, -0.25) is 14.2 Å². The summed E-state index contributed by atoms with van der Waals surface area (Å²) >= 11 is 12.1. The van der Waals surface area contributed by atoms with E-state index in [9.17, 15) is 14.7 Å². The lowest BCUT2D eigenvalue weighted by Gasteiger charge is -2.13. The van der Waals surface area contributed by atoms with Crippen LogP contribution in [-0.2, 0) is 9.53 Å². The number of halogens is 2. The number of phenolic OH excluding ortho intramolecular Hbond substituents is 1. The maximum atomic E-state index is 13.3. The molecule has 0 amide bonds. The van der Waals surface area contributed by atoms with Gasteiger partial charge in [0.25, 0.3) is 5.91 Å². The number of ether oxygens (including phenoxy) is 1. The molecule has 5 nitrogen and oxygen atoms in total. The molecule has 1 N–H and O–H groups in total. The SMILES string of the molecule is CCCCOC(=O)C(C)c1c(C)n(C(=O)c2ccc(Cl)c(Cl)c2)c2ccc(O)cc12. The molecule has 3 aromatic rings. The number of aromatic hydroxyl groups is 1. The maximum Gasteiger partial charge on any atom is 0.313 e. The van der Waals surface area contributed by atoms with E-state index in [1.807, 2.05) is 6.92 Å². The molecule has 0 radical (unpaired) electrons. The van der Waals surface area contributed by atoms with Gasteiger partial charge in [0.1, 0.15) is 5.75 Å². The van der Waals surface area contributed by atoms with E-state index >= 15 is 0 Å². The average molecular weight is 448 g/mol. The van der Waals surface area contributed by atoms with E-state index in [0.717, 1.165) is 12.8 Å². The number of carbonyl (C=O) groups excluding carboxylic acids is 2. The minimum atomic E-state index is -0.603. The Morgan fingerprint density at radius 1 is 1.13 bits per heavy atom. The van der Waals surface area contributed by atoms with Gasteiger partial charge in [-0.25, -0.2) is 0 Å². The summed E-state index contributed by atoms with van der Waals surface area (Å²) in [6.45, 7) is 5.89. The van der Waals surface area contributed by atoms with E-state index in [1.165, 1.54) is 16.7 Å². The third kappa shape index (κ3) is 4.18. The first kappa shape index (κ1) is 22.2. The Bertz CT molecular complexity index is 1120. The summed E-state index contributed by atoms with van der Waals surface area (Å²) in [5.41, 5.74) is 2.20. The Kier molecular flexibility index (Phi) is 6.74. The molecule has 3 rings (SSSR count). The number of aromatic nitrogens is 1. The number of hydrogen-bond donors (Lipinski definition) is 1. The molecule has 0 saturated carbocycles. The predicted molar refractivity (Wildman–Crippen MR) is 119 cm³/mol. The fourth-order valence-electron chi connectivity index (χ4n) is 3.56. The molecule has 30 heavy (non-hydrogen) atoms. The largest absolute Gasteiger partial charge is 0.508 e. The van der Waals surface area contributed by atoms with Crippen LogP contribution in [0.3, 0.4) is 0 Å². The van der Waals surface area contributed by atoms with E-state index in [-0.39, 0.29) is 22.6 Å². The second-order valence-electron chi connectivity index (χ2n) is 7.21. The smallest absolute Gasteiger partial charge is 0.313 e. The number of hydrogen-bond acceptors (Lipinski definition) is 4. The molecule has 0 spiro atoms. The standard InChI is InChI=1S/C23H23Cl2NO4/c1-4-5-10-30-23(29)13(2)21-14(3)26(20-9-7-16(27)12-17(20)21)22(28)15-6-8-18(24)19(25)11-15/h6-9,11-13,27H,4-5,10H2,1-3H3. The zero-order valence-corrected chi connectivity index (χ0v) is 18.5.